The second-order valence-electron chi connectivity index (χ2n) is 9.87. The van der Waals surface area contributed by atoms with Crippen LogP contribution in [0.5, 0.6) is 0 Å². The maximum atomic E-state index is 14.2. The number of thiazole rings is 1. The van der Waals surface area contributed by atoms with Crippen molar-refractivity contribution in [1.82, 2.24) is 14.3 Å². The molecule has 3 aromatic carbocycles. The van der Waals surface area contributed by atoms with Crippen molar-refractivity contribution in [3.63, 3.8) is 0 Å². The summed E-state index contributed by atoms with van der Waals surface area (Å²) in [6.07, 6.45) is 3.58. The molecule has 0 radical (unpaired) electrons. The van der Waals surface area contributed by atoms with Crippen LogP contribution >= 0.6 is 22.9 Å². The van der Waals surface area contributed by atoms with Crippen molar-refractivity contribution in [2.24, 2.45) is 4.99 Å². The number of nitro benzene ring substituents is 1. The Kier molecular flexibility index (Phi) is 7.81. The molecule has 1 aliphatic heterocycles. The molecule has 0 N–H and O–H groups in total. The molecule has 0 fully saturated rings. The van der Waals surface area contributed by atoms with Crippen LogP contribution in [0.15, 0.2) is 106 Å². The van der Waals surface area contributed by atoms with Gasteiger partial charge in [-0.05, 0) is 49.8 Å². The highest BCUT2D eigenvalue weighted by Gasteiger charge is 2.34. The Balaban J connectivity index is 1.57. The van der Waals surface area contributed by atoms with Crippen LogP contribution in [-0.4, -0.2) is 31.8 Å². The highest BCUT2D eigenvalue weighted by Crippen LogP contribution is 2.32. The summed E-state index contributed by atoms with van der Waals surface area (Å²) in [5, 5.41) is 17.0. The summed E-state index contributed by atoms with van der Waals surface area (Å²) in [7, 11) is 0. The third-order valence-electron chi connectivity index (χ3n) is 7.08. The maximum absolute atomic E-state index is 14.2. The minimum atomic E-state index is -0.977. The number of rotatable bonds is 7. The normalized spacial score (nSPS) is 14.7. The average molecular weight is 626 g/mol. The molecule has 1 atom stereocenters. The smallest absolute Gasteiger partial charge is 0.338 e. The number of allylic oxidation sites excluding steroid dienone is 1. The summed E-state index contributed by atoms with van der Waals surface area (Å²) < 4.78 is 8.81. The van der Waals surface area contributed by atoms with E-state index in [9.17, 15) is 19.7 Å². The van der Waals surface area contributed by atoms with Gasteiger partial charge in [0.1, 0.15) is 5.69 Å². The summed E-state index contributed by atoms with van der Waals surface area (Å²) in [4.78, 5) is 43.4. The predicted octanol–water partition coefficient (Wildman–Crippen LogP) is 5.21. The summed E-state index contributed by atoms with van der Waals surface area (Å²) in [5.41, 5.74) is 3.28. The molecule has 0 unspecified atom stereocenters. The standard InChI is InChI=1S/C32H24ClN5O5S/c1-3-43-31(40)27-19(2)34-32-37(29(27)21-8-7-11-25(16-21)38(41)42)30(39)26(44-32)17-22-18-36(24-9-5-4-6-10-24)35-28(22)20-12-14-23(33)15-13-20/h4-18,29H,3H2,1-2H3/b26-17-/t29-/m0/s1. The maximum Gasteiger partial charge on any atom is 0.338 e. The van der Waals surface area contributed by atoms with Crippen molar-refractivity contribution in [2.45, 2.75) is 19.9 Å². The Morgan fingerprint density at radius 1 is 1.11 bits per heavy atom. The lowest BCUT2D eigenvalue weighted by Crippen LogP contribution is -2.40. The van der Waals surface area contributed by atoms with E-state index in [0.29, 0.717) is 36.9 Å². The zero-order valence-corrected chi connectivity index (χ0v) is 25.1. The molecule has 10 nitrogen and oxygen atoms in total. The number of non-ortho nitro benzene ring substituents is 1. The van der Waals surface area contributed by atoms with Crippen molar-refractivity contribution in [3.8, 4) is 16.9 Å². The van der Waals surface area contributed by atoms with Gasteiger partial charge in [0.2, 0.25) is 0 Å². The second-order valence-corrected chi connectivity index (χ2v) is 11.3. The first-order valence-electron chi connectivity index (χ1n) is 13.6. The first-order valence-corrected chi connectivity index (χ1v) is 14.8. The molecule has 3 heterocycles. The number of hydrogen-bond donors (Lipinski definition) is 0. The Bertz CT molecular complexity index is 2130. The number of carbonyl (C=O) groups excluding carboxylic acids is 1. The average Bonchev–Trinajstić information content (AvgIpc) is 3.58. The number of aromatic nitrogens is 3. The van der Waals surface area contributed by atoms with Crippen molar-refractivity contribution >= 4 is 40.7 Å². The number of para-hydroxylation sites is 1. The number of benzene rings is 3. The van der Waals surface area contributed by atoms with E-state index in [1.807, 2.05) is 48.7 Å². The second kappa shape index (κ2) is 11.9. The lowest BCUT2D eigenvalue weighted by Gasteiger charge is -2.24. The Hall–Kier alpha value is -5.13. The summed E-state index contributed by atoms with van der Waals surface area (Å²) in [6.45, 7) is 3.45. The first-order chi connectivity index (χ1) is 21.2. The molecule has 12 heteroatoms. The van der Waals surface area contributed by atoms with Crippen LogP contribution in [0, 0.1) is 10.1 Å². The molecule has 6 rings (SSSR count). The van der Waals surface area contributed by atoms with Gasteiger partial charge in [-0.3, -0.25) is 19.5 Å². The van der Waals surface area contributed by atoms with Gasteiger partial charge in [-0.2, -0.15) is 5.10 Å². The Labute approximate surface area is 259 Å². The number of halogens is 1. The number of hydrogen-bond acceptors (Lipinski definition) is 8. The predicted molar refractivity (Wildman–Crippen MR) is 168 cm³/mol. The number of carbonyl (C=O) groups is 1. The minimum absolute atomic E-state index is 0.112. The molecule has 0 amide bonds. The Morgan fingerprint density at radius 2 is 1.86 bits per heavy atom. The van der Waals surface area contributed by atoms with Gasteiger partial charge in [0.15, 0.2) is 4.80 Å². The van der Waals surface area contributed by atoms with Gasteiger partial charge < -0.3 is 4.74 Å². The van der Waals surface area contributed by atoms with Crippen LogP contribution in [0.4, 0.5) is 5.69 Å². The van der Waals surface area contributed by atoms with Crippen LogP contribution in [0.1, 0.15) is 31.0 Å². The molecule has 0 aliphatic carbocycles. The first kappa shape index (κ1) is 29.0. The molecule has 2 aromatic heterocycles. The molecule has 44 heavy (non-hydrogen) atoms. The highest BCUT2D eigenvalue weighted by molar-refractivity contribution is 7.07. The van der Waals surface area contributed by atoms with E-state index < -0.39 is 22.5 Å². The van der Waals surface area contributed by atoms with Gasteiger partial charge in [0.05, 0.1) is 39.1 Å². The van der Waals surface area contributed by atoms with Gasteiger partial charge in [0.25, 0.3) is 11.2 Å². The SMILES string of the molecule is CCOC(=O)C1=C(C)N=c2s/c(=C\c3cn(-c4ccccc4)nc3-c3ccc(Cl)cc3)c(=O)n2[C@H]1c1cccc([N+](=O)[O-])c1. The van der Waals surface area contributed by atoms with Gasteiger partial charge in [-0.1, -0.05) is 65.4 Å². The molecule has 220 valence electrons. The van der Waals surface area contributed by atoms with Gasteiger partial charge in [0, 0.05) is 34.5 Å². The number of ether oxygens (including phenoxy) is 1. The zero-order chi connectivity index (χ0) is 31.0. The Morgan fingerprint density at radius 3 is 2.57 bits per heavy atom. The lowest BCUT2D eigenvalue weighted by molar-refractivity contribution is -0.384. The van der Waals surface area contributed by atoms with Crippen LogP contribution in [-0.2, 0) is 9.53 Å². The number of esters is 1. The third-order valence-corrected chi connectivity index (χ3v) is 8.32. The number of nitro groups is 1. The van der Waals surface area contributed by atoms with Gasteiger partial charge in [-0.25, -0.2) is 14.5 Å². The third kappa shape index (κ3) is 5.38. The minimum Gasteiger partial charge on any atom is -0.463 e. The highest BCUT2D eigenvalue weighted by atomic mass is 35.5. The quantitative estimate of drug-likeness (QED) is 0.139. The van der Waals surface area contributed by atoms with Crippen LogP contribution < -0.4 is 14.9 Å². The van der Waals surface area contributed by atoms with E-state index in [1.165, 1.54) is 22.8 Å². The van der Waals surface area contributed by atoms with Crippen LogP contribution in [0.25, 0.3) is 23.0 Å². The summed E-state index contributed by atoms with van der Waals surface area (Å²) in [6, 6.07) is 21.8. The monoisotopic (exact) mass is 625 g/mol. The van der Waals surface area contributed by atoms with Crippen molar-refractivity contribution in [1.29, 1.82) is 0 Å². The summed E-state index contributed by atoms with van der Waals surface area (Å²) >= 11 is 7.30. The number of nitrogens with zero attached hydrogens (tertiary/aromatic N) is 5. The van der Waals surface area contributed by atoms with Crippen molar-refractivity contribution in [3.05, 3.63) is 142 Å². The molecule has 0 saturated carbocycles. The van der Waals surface area contributed by atoms with Crippen LogP contribution in [0.2, 0.25) is 5.02 Å². The fourth-order valence-electron chi connectivity index (χ4n) is 5.09. The largest absolute Gasteiger partial charge is 0.463 e. The van der Waals surface area contributed by atoms with Crippen molar-refractivity contribution in [2.75, 3.05) is 6.61 Å². The van der Waals surface area contributed by atoms with E-state index in [1.54, 1.807) is 42.8 Å². The molecular weight excluding hydrogens is 602 g/mol. The molecular formula is C32H24ClN5O5S. The zero-order valence-electron chi connectivity index (χ0n) is 23.5. The molecule has 0 bridgehead atoms. The molecule has 1 aliphatic rings. The molecule has 5 aromatic rings. The van der Waals surface area contributed by atoms with E-state index in [2.05, 4.69) is 4.99 Å². The van der Waals surface area contributed by atoms with E-state index >= 15 is 0 Å². The van der Waals surface area contributed by atoms with Gasteiger partial charge >= 0.3 is 5.97 Å². The fourth-order valence-corrected chi connectivity index (χ4v) is 6.26. The molecule has 0 saturated heterocycles. The number of fused-ring (bicyclic) bond motifs is 1. The molecule has 0 spiro atoms. The van der Waals surface area contributed by atoms with Gasteiger partial charge in [-0.15, -0.1) is 0 Å². The van der Waals surface area contributed by atoms with Crippen LogP contribution in [0.3, 0.4) is 0 Å². The topological polar surface area (TPSA) is 122 Å². The van der Waals surface area contributed by atoms with E-state index in [-0.39, 0.29) is 17.9 Å². The fraction of sp³-hybridized carbons (Fsp3) is 0.125. The van der Waals surface area contributed by atoms with Crippen molar-refractivity contribution < 1.29 is 14.5 Å². The lowest BCUT2D eigenvalue weighted by atomic mass is 9.95. The van der Waals surface area contributed by atoms with E-state index in [0.717, 1.165) is 22.6 Å². The van der Waals surface area contributed by atoms with E-state index in [4.69, 9.17) is 21.4 Å². The summed E-state index contributed by atoms with van der Waals surface area (Å²) in [5.74, 6) is -0.645.